The molecular formula is C26H27F3N4O5S2. The van der Waals surface area contributed by atoms with Crippen molar-refractivity contribution in [3.8, 4) is 16.9 Å². The molecule has 2 amide bonds. The summed E-state index contributed by atoms with van der Waals surface area (Å²) in [6.07, 6.45) is -2.83. The number of hydrogen-bond donors (Lipinski definition) is 1. The van der Waals surface area contributed by atoms with Gasteiger partial charge in [-0.2, -0.15) is 13.2 Å². The smallest absolute Gasteiger partial charge is 0.390 e. The minimum absolute atomic E-state index is 0.00337. The number of aromatic nitrogens is 1. The molecular weight excluding hydrogens is 569 g/mol. The molecule has 1 fully saturated rings. The number of nitrogens with one attached hydrogen (secondary N) is 1. The Kier molecular flexibility index (Phi) is 8.98. The molecule has 0 spiro atoms. The topological polar surface area (TPSA) is 109 Å². The number of anilines is 1. The summed E-state index contributed by atoms with van der Waals surface area (Å²) in [7, 11) is -4.42. The first-order chi connectivity index (χ1) is 18.9. The zero-order chi connectivity index (χ0) is 28.9. The molecule has 1 N–H and O–H groups in total. The van der Waals surface area contributed by atoms with Crippen molar-refractivity contribution in [2.45, 2.75) is 19.5 Å². The monoisotopic (exact) mass is 596 g/mol. The number of carbonyl (C=O) groups is 2. The van der Waals surface area contributed by atoms with Crippen molar-refractivity contribution in [2.75, 3.05) is 43.4 Å². The lowest BCUT2D eigenvalue weighted by Crippen LogP contribution is -2.48. The number of ether oxygens (including phenoxy) is 1. The van der Waals surface area contributed by atoms with Crippen LogP contribution in [0.2, 0.25) is 0 Å². The quantitative estimate of drug-likeness (QED) is 0.395. The lowest BCUT2D eigenvalue weighted by Gasteiger charge is -2.36. The first-order valence-corrected chi connectivity index (χ1v) is 14.9. The predicted molar refractivity (Wildman–Crippen MR) is 145 cm³/mol. The number of thiophene rings is 1. The Morgan fingerprint density at radius 2 is 1.75 bits per heavy atom. The van der Waals surface area contributed by atoms with Crippen molar-refractivity contribution < 1.29 is 35.9 Å². The first-order valence-electron chi connectivity index (χ1n) is 12.4. The molecule has 1 aliphatic rings. The minimum Gasteiger partial charge on any atom is -0.492 e. The van der Waals surface area contributed by atoms with Gasteiger partial charge in [0.1, 0.15) is 5.75 Å². The Bertz CT molecular complexity index is 1450. The number of hydrogen-bond acceptors (Lipinski definition) is 8. The van der Waals surface area contributed by atoms with E-state index in [1.807, 2.05) is 29.3 Å². The van der Waals surface area contributed by atoms with Crippen LogP contribution < -0.4 is 14.4 Å². The number of pyridine rings is 1. The van der Waals surface area contributed by atoms with Gasteiger partial charge < -0.3 is 14.5 Å². The summed E-state index contributed by atoms with van der Waals surface area (Å²) < 4.78 is 67.7. The van der Waals surface area contributed by atoms with Crippen molar-refractivity contribution in [1.29, 1.82) is 0 Å². The highest BCUT2D eigenvalue weighted by atomic mass is 32.2. The van der Waals surface area contributed by atoms with Crippen LogP contribution >= 0.6 is 11.3 Å². The van der Waals surface area contributed by atoms with Gasteiger partial charge in [-0.15, -0.1) is 11.3 Å². The molecule has 0 atom stereocenters. The Morgan fingerprint density at radius 3 is 2.40 bits per heavy atom. The molecule has 3 aromatic rings. The third kappa shape index (κ3) is 7.72. The van der Waals surface area contributed by atoms with Crippen LogP contribution in [0.25, 0.3) is 11.1 Å². The summed E-state index contributed by atoms with van der Waals surface area (Å²) in [6, 6.07) is 9.80. The molecule has 0 unspecified atom stereocenters. The Hall–Kier alpha value is -3.65. The van der Waals surface area contributed by atoms with Gasteiger partial charge in [0.15, 0.2) is 0 Å². The fourth-order valence-electron chi connectivity index (χ4n) is 4.07. The van der Waals surface area contributed by atoms with E-state index in [2.05, 4.69) is 4.98 Å². The molecule has 0 bridgehead atoms. The van der Waals surface area contributed by atoms with Gasteiger partial charge in [-0.3, -0.25) is 14.6 Å². The van der Waals surface area contributed by atoms with Crippen molar-refractivity contribution in [3.63, 3.8) is 0 Å². The number of sulfonamides is 1. The molecule has 1 aromatic carbocycles. The van der Waals surface area contributed by atoms with E-state index in [1.165, 1.54) is 23.5 Å². The van der Waals surface area contributed by atoms with Gasteiger partial charge in [-0.1, -0.05) is 0 Å². The number of piperazine rings is 1. The molecule has 9 nitrogen and oxygen atoms in total. The number of nitrogens with zero attached hydrogens (tertiary/aromatic N) is 3. The Morgan fingerprint density at radius 1 is 1.05 bits per heavy atom. The van der Waals surface area contributed by atoms with E-state index >= 15 is 0 Å². The first kappa shape index (κ1) is 29.3. The van der Waals surface area contributed by atoms with Gasteiger partial charge >= 0.3 is 6.18 Å². The Balaban J connectivity index is 1.31. The molecule has 214 valence electrons. The summed E-state index contributed by atoms with van der Waals surface area (Å²) >= 11 is 1.36. The van der Waals surface area contributed by atoms with E-state index in [-0.39, 0.29) is 11.5 Å². The molecule has 14 heteroatoms. The van der Waals surface area contributed by atoms with Crippen LogP contribution in [-0.4, -0.2) is 74.8 Å². The standard InChI is InChI=1S/C26H27F3N4O5S2/c1-2-38-22-13-19(15-30-16-22)20-14-23(39-17-20)25(35)33-10-8-32(9-11-33)21-5-3-18(4-6-21)24(34)31-40(36,37)12-7-26(27,28)29/h3-6,13-17H,2,7-12H2,1H3,(H,31,34). The summed E-state index contributed by atoms with van der Waals surface area (Å²) in [4.78, 5) is 34.0. The molecule has 0 saturated carbocycles. The number of amides is 2. The van der Waals surface area contributed by atoms with Crippen LogP contribution in [0.3, 0.4) is 0 Å². The zero-order valence-corrected chi connectivity index (χ0v) is 23.1. The van der Waals surface area contributed by atoms with Gasteiger partial charge in [0.2, 0.25) is 10.0 Å². The van der Waals surface area contributed by atoms with E-state index in [4.69, 9.17) is 4.74 Å². The summed E-state index contributed by atoms with van der Waals surface area (Å²) in [5.74, 6) is -1.63. The molecule has 0 radical (unpaired) electrons. The van der Waals surface area contributed by atoms with Crippen molar-refractivity contribution in [1.82, 2.24) is 14.6 Å². The number of carbonyl (C=O) groups excluding carboxylic acids is 2. The lowest BCUT2D eigenvalue weighted by atomic mass is 10.1. The van der Waals surface area contributed by atoms with Crippen molar-refractivity contribution >= 4 is 38.9 Å². The summed E-state index contributed by atoms with van der Waals surface area (Å²) in [5, 5.41) is 1.91. The predicted octanol–water partition coefficient (Wildman–Crippen LogP) is 4.18. The normalized spacial score (nSPS) is 14.2. The average molecular weight is 597 g/mol. The summed E-state index contributed by atoms with van der Waals surface area (Å²) in [6.45, 7) is 4.47. The number of halogens is 3. The van der Waals surface area contributed by atoms with Crippen LogP contribution in [0.4, 0.5) is 18.9 Å². The molecule has 1 saturated heterocycles. The second-order valence-corrected chi connectivity index (χ2v) is 11.7. The summed E-state index contributed by atoms with van der Waals surface area (Å²) in [5.41, 5.74) is 2.52. The fourth-order valence-corrected chi connectivity index (χ4v) is 5.96. The second-order valence-electron chi connectivity index (χ2n) is 8.98. The van der Waals surface area contributed by atoms with E-state index in [0.717, 1.165) is 16.8 Å². The molecule has 1 aliphatic heterocycles. The van der Waals surface area contributed by atoms with Crippen LogP contribution in [0.5, 0.6) is 5.75 Å². The van der Waals surface area contributed by atoms with Crippen molar-refractivity contribution in [3.05, 3.63) is 64.6 Å². The van der Waals surface area contributed by atoms with Gasteiger partial charge in [-0.05, 0) is 54.3 Å². The maximum Gasteiger partial charge on any atom is 0.390 e. The van der Waals surface area contributed by atoms with Gasteiger partial charge in [0.25, 0.3) is 11.8 Å². The van der Waals surface area contributed by atoms with E-state index < -0.39 is 34.3 Å². The average Bonchev–Trinajstić information content (AvgIpc) is 3.42. The van der Waals surface area contributed by atoms with Crippen LogP contribution in [0, 0.1) is 0 Å². The molecule has 4 rings (SSSR count). The number of rotatable bonds is 9. The molecule has 0 aliphatic carbocycles. The van der Waals surface area contributed by atoms with Crippen LogP contribution in [-0.2, 0) is 10.0 Å². The van der Waals surface area contributed by atoms with E-state index in [1.54, 1.807) is 34.1 Å². The second kappa shape index (κ2) is 12.3. The number of alkyl halides is 3. The third-order valence-corrected chi connectivity index (χ3v) is 8.29. The van der Waals surface area contributed by atoms with E-state index in [0.29, 0.717) is 43.4 Å². The van der Waals surface area contributed by atoms with Gasteiger partial charge in [0.05, 0.1) is 29.9 Å². The highest BCUT2D eigenvalue weighted by Crippen LogP contribution is 2.29. The van der Waals surface area contributed by atoms with Gasteiger partial charge in [-0.25, -0.2) is 13.1 Å². The van der Waals surface area contributed by atoms with E-state index in [9.17, 15) is 31.2 Å². The lowest BCUT2D eigenvalue weighted by molar-refractivity contribution is -0.130. The Labute approximate surface area is 233 Å². The molecule has 2 aromatic heterocycles. The highest BCUT2D eigenvalue weighted by Gasteiger charge is 2.30. The van der Waals surface area contributed by atoms with Gasteiger partial charge in [0, 0.05) is 49.2 Å². The zero-order valence-electron chi connectivity index (χ0n) is 21.5. The minimum atomic E-state index is -4.64. The van der Waals surface area contributed by atoms with Crippen LogP contribution in [0.1, 0.15) is 33.4 Å². The maximum absolute atomic E-state index is 13.1. The number of benzene rings is 1. The highest BCUT2D eigenvalue weighted by molar-refractivity contribution is 7.90. The maximum atomic E-state index is 13.1. The third-order valence-electron chi connectivity index (χ3n) is 6.13. The van der Waals surface area contributed by atoms with Crippen molar-refractivity contribution in [2.24, 2.45) is 0 Å². The van der Waals surface area contributed by atoms with Crippen LogP contribution in [0.15, 0.2) is 54.2 Å². The SMILES string of the molecule is CCOc1cncc(-c2csc(C(=O)N3CCN(c4ccc(C(=O)NS(=O)(=O)CCC(F)(F)F)cc4)CC3)c2)c1. The largest absolute Gasteiger partial charge is 0.492 e. The molecule has 3 heterocycles. The molecule has 40 heavy (non-hydrogen) atoms. The fraction of sp³-hybridized carbons (Fsp3) is 0.346.